The molecule has 1 aliphatic carbocycles. The maximum absolute atomic E-state index is 14.7. The molecule has 0 N–H and O–H groups in total. The molecule has 2 aromatic carbocycles. The van der Waals surface area contributed by atoms with Gasteiger partial charge >= 0.3 is 0 Å². The van der Waals surface area contributed by atoms with E-state index >= 15 is 0 Å². The topological polar surface area (TPSA) is 46.6 Å². The van der Waals surface area contributed by atoms with Crippen LogP contribution in [0.4, 0.5) is 10.1 Å². The molecule has 0 saturated carbocycles. The van der Waals surface area contributed by atoms with Crippen molar-refractivity contribution in [1.29, 1.82) is 0 Å². The van der Waals surface area contributed by atoms with Gasteiger partial charge in [-0.2, -0.15) is 0 Å². The van der Waals surface area contributed by atoms with Crippen molar-refractivity contribution >= 4 is 17.5 Å². The molecule has 0 atom stereocenters. The first-order valence-electron chi connectivity index (χ1n) is 9.13. The maximum atomic E-state index is 14.7. The van der Waals surface area contributed by atoms with Gasteiger partial charge in [0.1, 0.15) is 12.4 Å². The molecule has 138 valence electrons. The summed E-state index contributed by atoms with van der Waals surface area (Å²) in [7, 11) is 0. The number of imide groups is 1. The summed E-state index contributed by atoms with van der Waals surface area (Å²) in [5.41, 5.74) is 3.22. The fraction of sp³-hybridized carbons (Fsp3) is 0.273. The second-order valence-corrected chi connectivity index (χ2v) is 7.00. The molecule has 0 radical (unpaired) electrons. The maximum Gasteiger partial charge on any atom is 0.261 e. The van der Waals surface area contributed by atoms with E-state index in [4.69, 9.17) is 4.74 Å². The molecule has 0 spiro atoms. The van der Waals surface area contributed by atoms with Gasteiger partial charge in [-0.25, -0.2) is 9.29 Å². The van der Waals surface area contributed by atoms with Gasteiger partial charge in [0.25, 0.3) is 11.8 Å². The Balaban J connectivity index is 1.51. The number of nitrogens with zero attached hydrogens (tertiary/aromatic N) is 1. The normalized spacial score (nSPS) is 16.7. The zero-order valence-corrected chi connectivity index (χ0v) is 15.1. The molecule has 0 fully saturated rings. The van der Waals surface area contributed by atoms with E-state index in [-0.39, 0.29) is 17.5 Å². The number of amides is 2. The summed E-state index contributed by atoms with van der Waals surface area (Å²) >= 11 is 0. The van der Waals surface area contributed by atoms with E-state index in [0.717, 1.165) is 28.9 Å². The molecule has 5 heteroatoms. The lowest BCUT2D eigenvalue weighted by molar-refractivity contribution is -0.120. The van der Waals surface area contributed by atoms with Crippen molar-refractivity contribution in [3.05, 3.63) is 70.6 Å². The van der Waals surface area contributed by atoms with E-state index in [1.54, 1.807) is 6.07 Å². The number of ether oxygens (including phenoxy) is 1. The van der Waals surface area contributed by atoms with Gasteiger partial charge in [-0.05, 0) is 50.3 Å². The third-order valence-electron chi connectivity index (χ3n) is 5.08. The number of hydrogen-bond acceptors (Lipinski definition) is 3. The molecular weight excluding hydrogens is 345 g/mol. The molecular formula is C22H20FNO3. The van der Waals surface area contributed by atoms with Crippen LogP contribution < -0.4 is 9.64 Å². The van der Waals surface area contributed by atoms with E-state index < -0.39 is 5.82 Å². The van der Waals surface area contributed by atoms with Gasteiger partial charge in [0.2, 0.25) is 0 Å². The first kappa shape index (κ1) is 17.5. The summed E-state index contributed by atoms with van der Waals surface area (Å²) in [5.74, 6) is -1.06. The highest BCUT2D eigenvalue weighted by Gasteiger charge is 2.40. The minimum atomic E-state index is -0.641. The molecule has 2 amide bonds. The predicted octanol–water partition coefficient (Wildman–Crippen LogP) is 4.46. The van der Waals surface area contributed by atoms with Crippen LogP contribution in [0.15, 0.2) is 53.6 Å². The Morgan fingerprint density at radius 1 is 0.963 bits per heavy atom. The van der Waals surface area contributed by atoms with Gasteiger partial charge in [-0.1, -0.05) is 29.8 Å². The molecule has 0 saturated heterocycles. The number of anilines is 1. The Labute approximate surface area is 157 Å². The second-order valence-electron chi connectivity index (χ2n) is 7.00. The molecule has 2 aromatic rings. The van der Waals surface area contributed by atoms with E-state index in [0.29, 0.717) is 36.3 Å². The fourth-order valence-corrected chi connectivity index (χ4v) is 3.57. The van der Waals surface area contributed by atoms with Crippen LogP contribution in [-0.2, 0) is 16.2 Å². The monoisotopic (exact) mass is 365 g/mol. The molecule has 4 rings (SSSR count). The van der Waals surface area contributed by atoms with Gasteiger partial charge in [0.05, 0.1) is 5.69 Å². The van der Waals surface area contributed by atoms with Crippen molar-refractivity contribution in [3.63, 3.8) is 0 Å². The summed E-state index contributed by atoms with van der Waals surface area (Å²) < 4.78 is 20.3. The van der Waals surface area contributed by atoms with Crippen LogP contribution in [0.2, 0.25) is 0 Å². The number of carbonyl (C=O) groups is 2. The Bertz CT molecular complexity index is 919. The van der Waals surface area contributed by atoms with Crippen molar-refractivity contribution in [2.75, 3.05) is 4.90 Å². The van der Waals surface area contributed by atoms with Crippen LogP contribution in [-0.4, -0.2) is 11.8 Å². The van der Waals surface area contributed by atoms with E-state index in [2.05, 4.69) is 0 Å². The largest absolute Gasteiger partial charge is 0.489 e. The number of hydrogen-bond donors (Lipinski definition) is 0. The van der Waals surface area contributed by atoms with Gasteiger partial charge in [-0.3, -0.25) is 9.59 Å². The molecule has 1 heterocycles. The van der Waals surface area contributed by atoms with Crippen LogP contribution in [0.1, 0.15) is 36.8 Å². The smallest absolute Gasteiger partial charge is 0.261 e. The van der Waals surface area contributed by atoms with Gasteiger partial charge in [0.15, 0.2) is 5.82 Å². The summed E-state index contributed by atoms with van der Waals surface area (Å²) in [4.78, 5) is 26.1. The standard InChI is InChI=1S/C22H20FNO3/c1-14-6-8-15(9-7-14)13-27-16-10-11-20(19(23)12-16)24-21(25)17-4-2-3-5-18(17)22(24)26/h6-12H,2-5,13H2,1H3. The number of halogens is 1. The summed E-state index contributed by atoms with van der Waals surface area (Å²) in [5, 5.41) is 0. The van der Waals surface area contributed by atoms with Crippen molar-refractivity contribution in [3.8, 4) is 5.75 Å². The van der Waals surface area contributed by atoms with Crippen LogP contribution in [0.3, 0.4) is 0 Å². The minimum Gasteiger partial charge on any atom is -0.489 e. The van der Waals surface area contributed by atoms with Gasteiger partial charge < -0.3 is 4.74 Å². The Morgan fingerprint density at radius 3 is 2.19 bits per heavy atom. The van der Waals surface area contributed by atoms with Crippen LogP contribution in [0.25, 0.3) is 0 Å². The highest BCUT2D eigenvalue weighted by Crippen LogP contribution is 2.37. The number of rotatable bonds is 4. The highest BCUT2D eigenvalue weighted by atomic mass is 19.1. The van der Waals surface area contributed by atoms with E-state index in [9.17, 15) is 14.0 Å². The van der Waals surface area contributed by atoms with E-state index in [1.807, 2.05) is 31.2 Å². The molecule has 0 aromatic heterocycles. The Morgan fingerprint density at radius 2 is 1.59 bits per heavy atom. The first-order chi connectivity index (χ1) is 13.0. The van der Waals surface area contributed by atoms with Crippen molar-refractivity contribution < 1.29 is 18.7 Å². The predicted molar refractivity (Wildman–Crippen MR) is 99.9 cm³/mol. The van der Waals surface area contributed by atoms with Gasteiger partial charge in [0, 0.05) is 17.2 Å². The summed E-state index contributed by atoms with van der Waals surface area (Å²) in [6.45, 7) is 2.32. The summed E-state index contributed by atoms with van der Waals surface area (Å²) in [6.07, 6.45) is 2.96. The lowest BCUT2D eigenvalue weighted by Crippen LogP contribution is -2.32. The van der Waals surface area contributed by atoms with Crippen molar-refractivity contribution in [1.82, 2.24) is 0 Å². The summed E-state index contributed by atoms with van der Waals surface area (Å²) in [6, 6.07) is 12.1. The lowest BCUT2D eigenvalue weighted by Gasteiger charge is -2.17. The third-order valence-corrected chi connectivity index (χ3v) is 5.08. The lowest BCUT2D eigenvalue weighted by atomic mass is 9.93. The molecule has 0 unspecified atom stereocenters. The SMILES string of the molecule is Cc1ccc(COc2ccc(N3C(=O)C4=C(CCCC4)C3=O)c(F)c2)cc1. The molecule has 27 heavy (non-hydrogen) atoms. The first-order valence-corrected chi connectivity index (χ1v) is 9.13. The fourth-order valence-electron chi connectivity index (χ4n) is 3.57. The average Bonchev–Trinajstić information content (AvgIpc) is 2.93. The van der Waals surface area contributed by atoms with E-state index in [1.165, 1.54) is 12.1 Å². The molecule has 2 aliphatic rings. The number of carbonyl (C=O) groups excluding carboxylic acids is 2. The minimum absolute atomic E-state index is 0.0120. The van der Waals surface area contributed by atoms with Crippen LogP contribution in [0, 0.1) is 12.7 Å². The Kier molecular flexibility index (Phi) is 4.52. The average molecular weight is 365 g/mol. The van der Waals surface area contributed by atoms with Crippen molar-refractivity contribution in [2.45, 2.75) is 39.2 Å². The quantitative estimate of drug-likeness (QED) is 0.752. The van der Waals surface area contributed by atoms with Crippen molar-refractivity contribution in [2.24, 2.45) is 0 Å². The second kappa shape index (κ2) is 6.99. The molecule has 0 bridgehead atoms. The van der Waals surface area contributed by atoms with Crippen LogP contribution in [0.5, 0.6) is 5.75 Å². The highest BCUT2D eigenvalue weighted by molar-refractivity contribution is 6.33. The van der Waals surface area contributed by atoms with Gasteiger partial charge in [-0.15, -0.1) is 0 Å². The van der Waals surface area contributed by atoms with Crippen LogP contribution >= 0.6 is 0 Å². The zero-order valence-electron chi connectivity index (χ0n) is 15.1. The molecule has 4 nitrogen and oxygen atoms in total. The third kappa shape index (κ3) is 3.25. The molecule has 1 aliphatic heterocycles. The number of aryl methyl sites for hydroxylation is 1. The zero-order chi connectivity index (χ0) is 19.0. The number of benzene rings is 2. The Hall–Kier alpha value is -2.95.